The minimum absolute atomic E-state index is 0.0467. The lowest BCUT2D eigenvalue weighted by atomic mass is 9.97. The van der Waals surface area contributed by atoms with Gasteiger partial charge in [0.1, 0.15) is 5.75 Å². The number of hydrogen-bond donors (Lipinski definition) is 0. The van der Waals surface area contributed by atoms with Crippen LogP contribution in [0, 0.1) is 0 Å². The predicted octanol–water partition coefficient (Wildman–Crippen LogP) is 5.26. The maximum Gasteiger partial charge on any atom is 0.258 e. The molecule has 1 atom stereocenters. The van der Waals surface area contributed by atoms with E-state index < -0.39 is 0 Å². The molecule has 1 aliphatic rings. The molecular weight excluding hydrogens is 374 g/mol. The van der Waals surface area contributed by atoms with Gasteiger partial charge in [-0.3, -0.25) is 4.79 Å². The molecule has 0 N–H and O–H groups in total. The number of benzene rings is 1. The molecule has 0 aliphatic carbocycles. The van der Waals surface area contributed by atoms with Crippen molar-refractivity contribution >= 4 is 40.2 Å². The number of carbonyl (C=O) groups excluding carboxylic acids is 1. The van der Waals surface area contributed by atoms with Gasteiger partial charge in [-0.1, -0.05) is 17.7 Å². The Balaban J connectivity index is 1.79. The van der Waals surface area contributed by atoms with Crippen LogP contribution < -0.4 is 4.74 Å². The summed E-state index contributed by atoms with van der Waals surface area (Å²) in [6.45, 7) is 0.685. The first kappa shape index (κ1) is 16.6. The molecule has 1 aromatic carbocycles. The van der Waals surface area contributed by atoms with Gasteiger partial charge in [-0.25, -0.2) is 0 Å². The molecule has 1 amide bonds. The van der Waals surface area contributed by atoms with E-state index in [2.05, 4.69) is 22.9 Å². The average Bonchev–Trinajstić information content (AvgIpc) is 3.31. The van der Waals surface area contributed by atoms with Crippen LogP contribution in [-0.2, 0) is 6.42 Å². The number of amides is 1. The van der Waals surface area contributed by atoms with Gasteiger partial charge in [0.05, 0.1) is 18.7 Å². The van der Waals surface area contributed by atoms with Crippen molar-refractivity contribution < 1.29 is 9.53 Å². The van der Waals surface area contributed by atoms with Crippen molar-refractivity contribution in [3.8, 4) is 5.75 Å². The summed E-state index contributed by atoms with van der Waals surface area (Å²) in [5.74, 6) is 0.505. The second-order valence-electron chi connectivity index (χ2n) is 5.81. The van der Waals surface area contributed by atoms with Crippen LogP contribution in [0.4, 0.5) is 0 Å². The molecule has 3 heterocycles. The monoisotopic (exact) mass is 389 g/mol. The van der Waals surface area contributed by atoms with E-state index in [1.165, 1.54) is 15.3 Å². The Kier molecular flexibility index (Phi) is 4.54. The first-order chi connectivity index (χ1) is 12.2. The maximum atomic E-state index is 13.4. The molecular formula is C19H16ClNO2S2. The van der Waals surface area contributed by atoms with Gasteiger partial charge in [0.25, 0.3) is 5.91 Å². The molecule has 1 aliphatic heterocycles. The highest BCUT2D eigenvalue weighted by molar-refractivity contribution is 7.10. The number of nitrogens with zero attached hydrogens (tertiary/aromatic N) is 1. The van der Waals surface area contributed by atoms with E-state index in [1.54, 1.807) is 48.0 Å². The molecule has 3 nitrogen and oxygen atoms in total. The number of methoxy groups -OCH3 is 1. The fourth-order valence-corrected chi connectivity index (χ4v) is 5.22. The Bertz CT molecular complexity index is 904. The standard InChI is InChI=1S/C19H16ClNO2S2/c1-23-15-5-4-12(20)11-14(15)19(22)21-8-6-16-13(7-10-25-16)18(21)17-3-2-9-24-17/h2-5,7,9-11,18H,6,8H2,1H3. The molecule has 0 fully saturated rings. The lowest BCUT2D eigenvalue weighted by Crippen LogP contribution is -2.39. The summed E-state index contributed by atoms with van der Waals surface area (Å²) in [6, 6.07) is 11.4. The van der Waals surface area contributed by atoms with Gasteiger partial charge in [0, 0.05) is 21.3 Å². The van der Waals surface area contributed by atoms with Crippen molar-refractivity contribution in [2.75, 3.05) is 13.7 Å². The quantitative estimate of drug-likeness (QED) is 0.611. The summed E-state index contributed by atoms with van der Waals surface area (Å²) in [5.41, 5.74) is 1.74. The fraction of sp³-hybridized carbons (Fsp3) is 0.211. The van der Waals surface area contributed by atoms with Crippen LogP contribution in [0.5, 0.6) is 5.75 Å². The highest BCUT2D eigenvalue weighted by atomic mass is 35.5. The van der Waals surface area contributed by atoms with E-state index in [9.17, 15) is 4.79 Å². The average molecular weight is 390 g/mol. The third-order valence-corrected chi connectivity index (χ3v) is 6.59. The van der Waals surface area contributed by atoms with Crippen LogP contribution in [0.15, 0.2) is 47.2 Å². The highest BCUT2D eigenvalue weighted by Crippen LogP contribution is 2.40. The number of ether oxygens (including phenoxy) is 1. The molecule has 2 aromatic heterocycles. The topological polar surface area (TPSA) is 29.5 Å². The van der Waals surface area contributed by atoms with E-state index in [1.807, 2.05) is 11.0 Å². The Labute approximate surface area is 159 Å². The molecule has 6 heteroatoms. The molecule has 25 heavy (non-hydrogen) atoms. The van der Waals surface area contributed by atoms with Crippen LogP contribution in [-0.4, -0.2) is 24.5 Å². The second-order valence-corrected chi connectivity index (χ2v) is 8.23. The minimum atomic E-state index is -0.0498. The molecule has 0 radical (unpaired) electrons. The molecule has 0 spiro atoms. The largest absolute Gasteiger partial charge is 0.496 e. The predicted molar refractivity (Wildman–Crippen MR) is 103 cm³/mol. The molecule has 3 aromatic rings. The Hall–Kier alpha value is -1.82. The van der Waals surface area contributed by atoms with Crippen LogP contribution in [0.1, 0.15) is 31.7 Å². The van der Waals surface area contributed by atoms with Crippen molar-refractivity contribution in [1.82, 2.24) is 4.90 Å². The number of thiophene rings is 2. The normalized spacial score (nSPS) is 16.6. The third-order valence-electron chi connectivity index (χ3n) is 4.43. The fourth-order valence-electron chi connectivity index (χ4n) is 3.29. The van der Waals surface area contributed by atoms with Crippen molar-refractivity contribution in [3.63, 3.8) is 0 Å². The zero-order valence-electron chi connectivity index (χ0n) is 13.6. The number of hydrogen-bond acceptors (Lipinski definition) is 4. The Morgan fingerprint density at radius 2 is 2.12 bits per heavy atom. The van der Waals surface area contributed by atoms with Crippen LogP contribution in [0.3, 0.4) is 0 Å². The van der Waals surface area contributed by atoms with Crippen molar-refractivity contribution in [3.05, 3.63) is 73.1 Å². The highest BCUT2D eigenvalue weighted by Gasteiger charge is 2.34. The Morgan fingerprint density at radius 3 is 2.88 bits per heavy atom. The van der Waals surface area contributed by atoms with E-state index >= 15 is 0 Å². The Morgan fingerprint density at radius 1 is 1.24 bits per heavy atom. The van der Waals surface area contributed by atoms with E-state index in [-0.39, 0.29) is 11.9 Å². The summed E-state index contributed by atoms with van der Waals surface area (Å²) < 4.78 is 5.39. The summed E-state index contributed by atoms with van der Waals surface area (Å²) in [7, 11) is 1.57. The molecule has 0 saturated heterocycles. The van der Waals surface area contributed by atoms with E-state index in [0.29, 0.717) is 22.9 Å². The molecule has 128 valence electrons. The lowest BCUT2D eigenvalue weighted by Gasteiger charge is -2.35. The zero-order chi connectivity index (χ0) is 17.4. The van der Waals surface area contributed by atoms with E-state index in [0.717, 1.165) is 6.42 Å². The summed E-state index contributed by atoms with van der Waals surface area (Å²) in [4.78, 5) is 17.8. The third kappa shape index (κ3) is 2.97. The van der Waals surface area contributed by atoms with Crippen LogP contribution in [0.25, 0.3) is 0 Å². The lowest BCUT2D eigenvalue weighted by molar-refractivity contribution is 0.0695. The summed E-state index contributed by atoms with van der Waals surface area (Å²) >= 11 is 9.58. The van der Waals surface area contributed by atoms with Crippen molar-refractivity contribution in [1.29, 1.82) is 0 Å². The van der Waals surface area contributed by atoms with Gasteiger partial charge < -0.3 is 9.64 Å². The minimum Gasteiger partial charge on any atom is -0.496 e. The summed E-state index contributed by atoms with van der Waals surface area (Å²) in [6.07, 6.45) is 0.878. The maximum absolute atomic E-state index is 13.4. The smallest absolute Gasteiger partial charge is 0.258 e. The van der Waals surface area contributed by atoms with Gasteiger partial charge in [-0.15, -0.1) is 22.7 Å². The SMILES string of the molecule is COc1ccc(Cl)cc1C(=O)N1CCc2sccc2C1c1cccs1. The first-order valence-electron chi connectivity index (χ1n) is 7.93. The van der Waals surface area contributed by atoms with Gasteiger partial charge in [-0.2, -0.15) is 0 Å². The van der Waals surface area contributed by atoms with Crippen LogP contribution in [0.2, 0.25) is 5.02 Å². The summed E-state index contributed by atoms with van der Waals surface area (Å²) in [5, 5.41) is 4.70. The number of fused-ring (bicyclic) bond motifs is 1. The van der Waals surface area contributed by atoms with E-state index in [4.69, 9.17) is 16.3 Å². The first-order valence-corrected chi connectivity index (χ1v) is 10.1. The van der Waals surface area contributed by atoms with Gasteiger partial charge in [-0.05, 0) is 53.1 Å². The number of rotatable bonds is 3. The molecule has 0 bridgehead atoms. The van der Waals surface area contributed by atoms with Crippen molar-refractivity contribution in [2.45, 2.75) is 12.5 Å². The second kappa shape index (κ2) is 6.83. The van der Waals surface area contributed by atoms with Crippen molar-refractivity contribution in [2.24, 2.45) is 0 Å². The molecule has 4 rings (SSSR count). The van der Waals surface area contributed by atoms with Gasteiger partial charge in [0.15, 0.2) is 0 Å². The van der Waals surface area contributed by atoms with Crippen LogP contribution >= 0.6 is 34.3 Å². The zero-order valence-corrected chi connectivity index (χ0v) is 16.0. The molecule has 0 saturated carbocycles. The number of halogens is 1. The van der Waals surface area contributed by atoms with Gasteiger partial charge in [0.2, 0.25) is 0 Å². The van der Waals surface area contributed by atoms with Gasteiger partial charge >= 0.3 is 0 Å². The molecule has 1 unspecified atom stereocenters. The number of carbonyl (C=O) groups is 1.